The smallest absolute Gasteiger partial charge is 0.171 e. The van der Waals surface area contributed by atoms with Crippen molar-refractivity contribution in [1.82, 2.24) is 5.32 Å². The summed E-state index contributed by atoms with van der Waals surface area (Å²) in [5.74, 6) is 0.812. The molecule has 0 aromatic heterocycles. The summed E-state index contributed by atoms with van der Waals surface area (Å²) in [6.07, 6.45) is 0. The number of thiocarbonyl (C=S) groups is 1. The molecule has 2 aromatic rings. The quantitative estimate of drug-likeness (QED) is 0.818. The first-order chi connectivity index (χ1) is 10.1. The Morgan fingerprint density at radius 1 is 1.19 bits per heavy atom. The van der Waals surface area contributed by atoms with Crippen molar-refractivity contribution < 1.29 is 4.74 Å². The summed E-state index contributed by atoms with van der Waals surface area (Å²) in [4.78, 5) is 0. The maximum atomic E-state index is 6.00. The number of anilines is 1. The van der Waals surface area contributed by atoms with Crippen LogP contribution < -0.4 is 15.4 Å². The molecule has 21 heavy (non-hydrogen) atoms. The van der Waals surface area contributed by atoms with Gasteiger partial charge in [0, 0.05) is 10.7 Å². The highest BCUT2D eigenvalue weighted by molar-refractivity contribution is 7.80. The zero-order valence-electron chi connectivity index (χ0n) is 11.9. The molecule has 0 heterocycles. The van der Waals surface area contributed by atoms with Crippen LogP contribution in [-0.4, -0.2) is 12.2 Å². The fourth-order valence-corrected chi connectivity index (χ4v) is 2.39. The molecule has 0 bridgehead atoms. The van der Waals surface area contributed by atoms with Crippen molar-refractivity contribution in [2.45, 2.75) is 13.0 Å². The minimum absolute atomic E-state index is 0.0712. The average Bonchev–Trinajstić information content (AvgIpc) is 2.48. The van der Waals surface area contributed by atoms with Crippen LogP contribution in [0.1, 0.15) is 18.5 Å². The van der Waals surface area contributed by atoms with E-state index in [9.17, 15) is 0 Å². The van der Waals surface area contributed by atoms with E-state index in [2.05, 4.69) is 10.6 Å². The largest absolute Gasteiger partial charge is 0.497 e. The minimum atomic E-state index is 0.0712. The van der Waals surface area contributed by atoms with Gasteiger partial charge in [0.05, 0.1) is 13.2 Å². The zero-order valence-corrected chi connectivity index (χ0v) is 13.5. The molecule has 0 unspecified atom stereocenters. The van der Waals surface area contributed by atoms with E-state index >= 15 is 0 Å². The molecule has 2 rings (SSSR count). The Bertz CT molecular complexity index is 616. The lowest BCUT2D eigenvalue weighted by atomic mass is 10.1. The third-order valence-corrected chi connectivity index (χ3v) is 3.50. The van der Waals surface area contributed by atoms with Crippen molar-refractivity contribution >= 4 is 34.6 Å². The second-order valence-corrected chi connectivity index (χ2v) is 5.45. The van der Waals surface area contributed by atoms with Gasteiger partial charge in [-0.3, -0.25) is 0 Å². The molecule has 0 aliphatic rings. The normalized spacial score (nSPS) is 11.6. The van der Waals surface area contributed by atoms with Crippen LogP contribution in [0.15, 0.2) is 48.5 Å². The molecule has 0 saturated heterocycles. The van der Waals surface area contributed by atoms with Gasteiger partial charge < -0.3 is 15.4 Å². The van der Waals surface area contributed by atoms with E-state index in [0.717, 1.165) is 22.0 Å². The molecule has 110 valence electrons. The Labute approximate surface area is 135 Å². The summed E-state index contributed by atoms with van der Waals surface area (Å²) in [7, 11) is 1.64. The van der Waals surface area contributed by atoms with Gasteiger partial charge in [-0.05, 0) is 61.1 Å². The van der Waals surface area contributed by atoms with Gasteiger partial charge in [-0.2, -0.15) is 0 Å². The molecule has 1 atom stereocenters. The second-order valence-electron chi connectivity index (χ2n) is 4.60. The Morgan fingerprint density at radius 3 is 2.52 bits per heavy atom. The minimum Gasteiger partial charge on any atom is -0.497 e. The highest BCUT2D eigenvalue weighted by atomic mass is 35.5. The summed E-state index contributed by atoms with van der Waals surface area (Å²) in [5, 5.41) is 7.65. The molecular formula is C16H17ClN2OS. The SMILES string of the molecule is COc1ccc(NC(=S)N[C@H](C)c2cccc(Cl)c2)cc1. The Balaban J connectivity index is 1.94. The van der Waals surface area contributed by atoms with Crippen LogP contribution >= 0.6 is 23.8 Å². The van der Waals surface area contributed by atoms with Crippen LogP contribution in [0, 0.1) is 0 Å². The molecular weight excluding hydrogens is 304 g/mol. The lowest BCUT2D eigenvalue weighted by Crippen LogP contribution is -2.30. The monoisotopic (exact) mass is 320 g/mol. The molecule has 0 aliphatic carbocycles. The number of nitrogens with one attached hydrogen (secondary N) is 2. The highest BCUT2D eigenvalue weighted by Gasteiger charge is 2.07. The molecule has 0 fully saturated rings. The molecule has 0 amide bonds. The van der Waals surface area contributed by atoms with E-state index in [1.165, 1.54) is 0 Å². The van der Waals surface area contributed by atoms with E-state index in [1.807, 2.05) is 55.5 Å². The Hall–Kier alpha value is -1.78. The Morgan fingerprint density at radius 2 is 1.90 bits per heavy atom. The molecule has 3 nitrogen and oxygen atoms in total. The standard InChI is InChI=1S/C16H17ClN2OS/c1-11(12-4-3-5-13(17)10-12)18-16(21)19-14-6-8-15(20-2)9-7-14/h3-11H,1-2H3,(H2,18,19,21)/t11-/m1/s1. The molecule has 2 aromatic carbocycles. The Kier molecular flexibility index (Phi) is 5.42. The van der Waals surface area contributed by atoms with E-state index in [1.54, 1.807) is 7.11 Å². The molecule has 5 heteroatoms. The first-order valence-electron chi connectivity index (χ1n) is 6.55. The first kappa shape index (κ1) is 15.6. The van der Waals surface area contributed by atoms with Crippen LogP contribution in [0.25, 0.3) is 0 Å². The number of halogens is 1. The fourth-order valence-electron chi connectivity index (χ4n) is 1.90. The van der Waals surface area contributed by atoms with Gasteiger partial charge in [0.15, 0.2) is 5.11 Å². The lowest BCUT2D eigenvalue weighted by Gasteiger charge is -2.17. The van der Waals surface area contributed by atoms with Gasteiger partial charge in [-0.1, -0.05) is 23.7 Å². The van der Waals surface area contributed by atoms with E-state index in [0.29, 0.717) is 5.11 Å². The van der Waals surface area contributed by atoms with Crippen LogP contribution in [0.3, 0.4) is 0 Å². The summed E-state index contributed by atoms with van der Waals surface area (Å²) < 4.78 is 5.12. The molecule has 2 N–H and O–H groups in total. The van der Waals surface area contributed by atoms with Crippen LogP contribution in [0.4, 0.5) is 5.69 Å². The molecule has 0 radical (unpaired) electrons. The van der Waals surface area contributed by atoms with Crippen LogP contribution in [0.2, 0.25) is 5.02 Å². The van der Waals surface area contributed by atoms with Crippen molar-refractivity contribution in [3.63, 3.8) is 0 Å². The molecule has 0 saturated carbocycles. The highest BCUT2D eigenvalue weighted by Crippen LogP contribution is 2.18. The zero-order chi connectivity index (χ0) is 15.2. The van der Waals surface area contributed by atoms with Gasteiger partial charge in [0.1, 0.15) is 5.75 Å². The van der Waals surface area contributed by atoms with Crippen LogP contribution in [-0.2, 0) is 0 Å². The van der Waals surface area contributed by atoms with Gasteiger partial charge in [0.25, 0.3) is 0 Å². The molecule has 0 aliphatic heterocycles. The van der Waals surface area contributed by atoms with Gasteiger partial charge in [-0.15, -0.1) is 0 Å². The van der Waals surface area contributed by atoms with Gasteiger partial charge >= 0.3 is 0 Å². The van der Waals surface area contributed by atoms with Gasteiger partial charge in [0.2, 0.25) is 0 Å². The van der Waals surface area contributed by atoms with Crippen LogP contribution in [0.5, 0.6) is 5.75 Å². The summed E-state index contributed by atoms with van der Waals surface area (Å²) in [5.41, 5.74) is 1.99. The van der Waals surface area contributed by atoms with Gasteiger partial charge in [-0.25, -0.2) is 0 Å². The number of rotatable bonds is 4. The number of benzene rings is 2. The number of hydrogen-bond donors (Lipinski definition) is 2. The third-order valence-electron chi connectivity index (χ3n) is 3.04. The fraction of sp³-hybridized carbons (Fsp3) is 0.188. The maximum Gasteiger partial charge on any atom is 0.171 e. The summed E-state index contributed by atoms with van der Waals surface area (Å²) >= 11 is 11.3. The predicted octanol–water partition coefficient (Wildman–Crippen LogP) is 4.40. The number of methoxy groups -OCH3 is 1. The lowest BCUT2D eigenvalue weighted by molar-refractivity contribution is 0.415. The predicted molar refractivity (Wildman–Crippen MR) is 92.2 cm³/mol. The number of hydrogen-bond acceptors (Lipinski definition) is 2. The topological polar surface area (TPSA) is 33.3 Å². The average molecular weight is 321 g/mol. The summed E-state index contributed by atoms with van der Waals surface area (Å²) in [6, 6.07) is 15.4. The van der Waals surface area contributed by atoms with Crippen molar-refractivity contribution in [2.75, 3.05) is 12.4 Å². The van der Waals surface area contributed by atoms with E-state index in [4.69, 9.17) is 28.6 Å². The maximum absolute atomic E-state index is 6.00. The summed E-state index contributed by atoms with van der Waals surface area (Å²) in [6.45, 7) is 2.04. The second kappa shape index (κ2) is 7.29. The number of ether oxygens (including phenoxy) is 1. The first-order valence-corrected chi connectivity index (χ1v) is 7.34. The third kappa shape index (κ3) is 4.62. The van der Waals surface area contributed by atoms with Crippen molar-refractivity contribution in [3.05, 3.63) is 59.1 Å². The van der Waals surface area contributed by atoms with E-state index < -0.39 is 0 Å². The van der Waals surface area contributed by atoms with E-state index in [-0.39, 0.29) is 6.04 Å². The van der Waals surface area contributed by atoms with Crippen molar-refractivity contribution in [2.24, 2.45) is 0 Å². The van der Waals surface area contributed by atoms with Crippen molar-refractivity contribution in [1.29, 1.82) is 0 Å². The molecule has 0 spiro atoms. The van der Waals surface area contributed by atoms with Crippen molar-refractivity contribution in [3.8, 4) is 5.75 Å².